The van der Waals surface area contributed by atoms with Crippen molar-refractivity contribution in [1.82, 2.24) is 5.32 Å². The third-order valence-corrected chi connectivity index (χ3v) is 3.88. The van der Waals surface area contributed by atoms with Crippen LogP contribution in [0, 0.1) is 0 Å². The maximum Gasteiger partial charge on any atom is 0.240 e. The van der Waals surface area contributed by atoms with Crippen molar-refractivity contribution >= 4 is 5.91 Å². The number of rotatable bonds is 6. The molecule has 1 aromatic rings. The summed E-state index contributed by atoms with van der Waals surface area (Å²) >= 11 is 0. The molecule has 0 spiro atoms. The Morgan fingerprint density at radius 3 is 2.71 bits per heavy atom. The molecule has 1 amide bonds. The molecule has 1 fully saturated rings. The van der Waals surface area contributed by atoms with E-state index in [4.69, 9.17) is 15.2 Å². The number of benzene rings is 1. The quantitative estimate of drug-likeness (QED) is 0.839. The molecule has 1 aromatic carbocycles. The maximum absolute atomic E-state index is 12.1. The van der Waals surface area contributed by atoms with E-state index >= 15 is 0 Å². The van der Waals surface area contributed by atoms with Crippen molar-refractivity contribution in [2.75, 3.05) is 13.7 Å². The van der Waals surface area contributed by atoms with Crippen LogP contribution in [0.3, 0.4) is 0 Å². The van der Waals surface area contributed by atoms with Gasteiger partial charge >= 0.3 is 0 Å². The highest BCUT2D eigenvalue weighted by atomic mass is 16.5. The monoisotopic (exact) mass is 292 g/mol. The van der Waals surface area contributed by atoms with Crippen LogP contribution in [0.4, 0.5) is 0 Å². The summed E-state index contributed by atoms with van der Waals surface area (Å²) in [6, 6.07) is 7.41. The lowest BCUT2D eigenvalue weighted by atomic mass is 9.98. The predicted octanol–water partition coefficient (Wildman–Crippen LogP) is 1.85. The maximum atomic E-state index is 12.1. The lowest BCUT2D eigenvalue weighted by molar-refractivity contribution is -0.126. The average molecular weight is 292 g/mol. The van der Waals surface area contributed by atoms with Crippen LogP contribution in [-0.4, -0.2) is 31.2 Å². The molecule has 5 nitrogen and oxygen atoms in total. The summed E-state index contributed by atoms with van der Waals surface area (Å²) < 4.78 is 10.9. The number of carbonyl (C=O) groups excluding carboxylic acids is 1. The highest BCUT2D eigenvalue weighted by Crippen LogP contribution is 2.27. The summed E-state index contributed by atoms with van der Waals surface area (Å²) in [7, 11) is 1.62. The van der Waals surface area contributed by atoms with Gasteiger partial charge < -0.3 is 20.5 Å². The van der Waals surface area contributed by atoms with E-state index in [-0.39, 0.29) is 12.0 Å². The van der Waals surface area contributed by atoms with E-state index in [1.807, 2.05) is 31.2 Å². The highest BCUT2D eigenvalue weighted by Gasteiger charge is 2.36. The number of methoxy groups -OCH3 is 1. The number of hydrogen-bond acceptors (Lipinski definition) is 4. The standard InChI is InChI=1S/C16H24N2O3/c1-12(21-14-7-5-6-13(10-14)20-2)11-18-15(19)16(17)8-3-4-9-16/h5-7,10,12H,3-4,8-9,11,17H2,1-2H3,(H,18,19). The van der Waals surface area contributed by atoms with Gasteiger partial charge in [-0.25, -0.2) is 0 Å². The molecule has 1 aliphatic rings. The van der Waals surface area contributed by atoms with Crippen LogP contribution in [-0.2, 0) is 4.79 Å². The summed E-state index contributed by atoms with van der Waals surface area (Å²) in [5, 5.41) is 2.89. The second kappa shape index (κ2) is 6.80. The van der Waals surface area contributed by atoms with E-state index in [2.05, 4.69) is 5.32 Å². The first-order chi connectivity index (χ1) is 10.0. The molecule has 0 aliphatic heterocycles. The zero-order valence-corrected chi connectivity index (χ0v) is 12.7. The van der Waals surface area contributed by atoms with E-state index in [1.54, 1.807) is 7.11 Å². The first-order valence-electron chi connectivity index (χ1n) is 7.41. The molecule has 5 heteroatoms. The van der Waals surface area contributed by atoms with Gasteiger partial charge in [0.15, 0.2) is 0 Å². The normalized spacial score (nSPS) is 18.0. The average Bonchev–Trinajstić information content (AvgIpc) is 2.93. The van der Waals surface area contributed by atoms with Gasteiger partial charge in [0.25, 0.3) is 0 Å². The van der Waals surface area contributed by atoms with Gasteiger partial charge in [-0.1, -0.05) is 18.9 Å². The molecule has 0 heterocycles. The lowest BCUT2D eigenvalue weighted by Gasteiger charge is -2.24. The molecule has 0 bridgehead atoms. The van der Waals surface area contributed by atoms with Gasteiger partial charge in [-0.2, -0.15) is 0 Å². The number of ether oxygens (including phenoxy) is 2. The summed E-state index contributed by atoms with van der Waals surface area (Å²) in [6.45, 7) is 2.35. The van der Waals surface area contributed by atoms with Crippen LogP contribution < -0.4 is 20.5 Å². The summed E-state index contributed by atoms with van der Waals surface area (Å²) in [6.07, 6.45) is 3.46. The second-order valence-corrected chi connectivity index (χ2v) is 5.68. The van der Waals surface area contributed by atoms with Gasteiger partial charge in [-0.15, -0.1) is 0 Å². The van der Waals surface area contributed by atoms with Crippen LogP contribution >= 0.6 is 0 Å². The zero-order valence-electron chi connectivity index (χ0n) is 12.7. The molecule has 1 aliphatic carbocycles. The summed E-state index contributed by atoms with van der Waals surface area (Å²) in [4.78, 5) is 12.1. The first kappa shape index (κ1) is 15.6. The Morgan fingerprint density at radius 1 is 1.38 bits per heavy atom. The fraction of sp³-hybridized carbons (Fsp3) is 0.562. The Balaban J connectivity index is 1.81. The minimum Gasteiger partial charge on any atom is -0.497 e. The molecule has 21 heavy (non-hydrogen) atoms. The van der Waals surface area contributed by atoms with Gasteiger partial charge in [0.05, 0.1) is 19.2 Å². The van der Waals surface area contributed by atoms with Gasteiger partial charge in [-0.3, -0.25) is 4.79 Å². The Bertz CT molecular complexity index is 484. The molecule has 2 rings (SSSR count). The number of hydrogen-bond donors (Lipinski definition) is 2. The molecule has 0 saturated heterocycles. The van der Waals surface area contributed by atoms with Crippen LogP contribution in [0.2, 0.25) is 0 Å². The summed E-state index contributed by atoms with van der Waals surface area (Å²) in [5.41, 5.74) is 5.43. The van der Waals surface area contributed by atoms with Gasteiger partial charge in [0.2, 0.25) is 5.91 Å². The molecule has 1 atom stereocenters. The van der Waals surface area contributed by atoms with E-state index in [0.717, 1.165) is 37.2 Å². The Kier molecular flexibility index (Phi) is 5.07. The highest BCUT2D eigenvalue weighted by molar-refractivity contribution is 5.86. The molecule has 3 N–H and O–H groups in total. The van der Waals surface area contributed by atoms with E-state index in [0.29, 0.717) is 6.54 Å². The van der Waals surface area contributed by atoms with Crippen molar-refractivity contribution in [2.24, 2.45) is 5.73 Å². The van der Waals surface area contributed by atoms with Gasteiger partial charge in [0, 0.05) is 6.07 Å². The lowest BCUT2D eigenvalue weighted by Crippen LogP contribution is -2.53. The van der Waals surface area contributed by atoms with Crippen LogP contribution in [0.25, 0.3) is 0 Å². The predicted molar refractivity (Wildman–Crippen MR) is 81.5 cm³/mol. The van der Waals surface area contributed by atoms with Crippen LogP contribution in [0.1, 0.15) is 32.6 Å². The fourth-order valence-corrected chi connectivity index (χ4v) is 2.59. The molecule has 116 valence electrons. The minimum atomic E-state index is -0.685. The second-order valence-electron chi connectivity index (χ2n) is 5.68. The van der Waals surface area contributed by atoms with E-state index in [9.17, 15) is 4.79 Å². The molecular weight excluding hydrogens is 268 g/mol. The Labute approximate surface area is 125 Å². The van der Waals surface area contributed by atoms with Crippen molar-refractivity contribution in [3.63, 3.8) is 0 Å². The first-order valence-corrected chi connectivity index (χ1v) is 7.41. The van der Waals surface area contributed by atoms with Crippen molar-refractivity contribution in [3.05, 3.63) is 24.3 Å². The number of carbonyl (C=O) groups is 1. The Hall–Kier alpha value is -1.75. The number of amides is 1. The smallest absolute Gasteiger partial charge is 0.240 e. The molecule has 1 unspecified atom stereocenters. The fourth-order valence-electron chi connectivity index (χ4n) is 2.59. The molecular formula is C16H24N2O3. The van der Waals surface area contributed by atoms with E-state index < -0.39 is 5.54 Å². The number of nitrogens with two attached hydrogens (primary N) is 1. The zero-order chi connectivity index (χ0) is 15.3. The van der Waals surface area contributed by atoms with Crippen LogP contribution in [0.15, 0.2) is 24.3 Å². The third kappa shape index (κ3) is 4.11. The van der Waals surface area contributed by atoms with Gasteiger partial charge in [0.1, 0.15) is 17.6 Å². The molecule has 1 saturated carbocycles. The van der Waals surface area contributed by atoms with Crippen LogP contribution in [0.5, 0.6) is 11.5 Å². The van der Waals surface area contributed by atoms with Crippen molar-refractivity contribution < 1.29 is 14.3 Å². The number of nitrogens with one attached hydrogen (secondary N) is 1. The third-order valence-electron chi connectivity index (χ3n) is 3.88. The van der Waals surface area contributed by atoms with Crippen molar-refractivity contribution in [1.29, 1.82) is 0 Å². The van der Waals surface area contributed by atoms with Crippen molar-refractivity contribution in [3.8, 4) is 11.5 Å². The van der Waals surface area contributed by atoms with Crippen molar-refractivity contribution in [2.45, 2.75) is 44.2 Å². The largest absolute Gasteiger partial charge is 0.497 e. The SMILES string of the molecule is COc1cccc(OC(C)CNC(=O)C2(N)CCCC2)c1. The molecule has 0 aromatic heterocycles. The minimum absolute atomic E-state index is 0.0684. The summed E-state index contributed by atoms with van der Waals surface area (Å²) in [5.74, 6) is 1.40. The van der Waals surface area contributed by atoms with E-state index in [1.165, 1.54) is 0 Å². The molecule has 0 radical (unpaired) electrons. The topological polar surface area (TPSA) is 73.6 Å². The Morgan fingerprint density at radius 2 is 2.05 bits per heavy atom. The van der Waals surface area contributed by atoms with Gasteiger partial charge in [-0.05, 0) is 31.9 Å².